The van der Waals surface area contributed by atoms with Gasteiger partial charge in [0.1, 0.15) is 0 Å². The Kier molecular flexibility index (Phi) is 5.84. The predicted molar refractivity (Wildman–Crippen MR) is 122 cm³/mol. The summed E-state index contributed by atoms with van der Waals surface area (Å²) in [5.41, 5.74) is 4.20. The maximum Gasteiger partial charge on any atom is 0.335 e. The van der Waals surface area contributed by atoms with Crippen LogP contribution in [0.4, 0.5) is 0 Å². The Morgan fingerprint density at radius 3 is 2.45 bits per heavy atom. The van der Waals surface area contributed by atoms with E-state index in [-0.39, 0.29) is 5.56 Å². The standard InChI is InChI=1S/C25H24N2O2/c1-5-9-18(8-4)15-26-16-22-21-14-19(25(28)29)12-13-23(21)27(24(22)17-26)20(10-6-2)11-7-3/h5-14,16-17H,1-2,4,15H2,3H3,(H,28,29)/b11-7-,18-9+,20-10+. The zero-order valence-corrected chi connectivity index (χ0v) is 16.5. The first kappa shape index (κ1) is 20.0. The number of aromatic nitrogens is 2. The first-order chi connectivity index (χ1) is 14.0. The molecule has 29 heavy (non-hydrogen) atoms. The molecule has 0 saturated heterocycles. The van der Waals surface area contributed by atoms with Gasteiger partial charge in [0.25, 0.3) is 0 Å². The minimum Gasteiger partial charge on any atom is -0.478 e. The lowest BCUT2D eigenvalue weighted by Crippen LogP contribution is -1.99. The molecule has 0 bridgehead atoms. The number of benzene rings is 1. The van der Waals surface area contributed by atoms with Crippen molar-refractivity contribution in [3.05, 3.63) is 104 Å². The molecule has 0 radical (unpaired) electrons. The number of hydrogen-bond acceptors (Lipinski definition) is 1. The van der Waals surface area contributed by atoms with Crippen molar-refractivity contribution in [2.45, 2.75) is 13.5 Å². The van der Waals surface area contributed by atoms with E-state index in [1.807, 2.05) is 49.6 Å². The number of rotatable bonds is 8. The van der Waals surface area contributed by atoms with Crippen LogP contribution in [0.25, 0.3) is 27.5 Å². The van der Waals surface area contributed by atoms with Crippen molar-refractivity contribution in [1.82, 2.24) is 9.13 Å². The minimum atomic E-state index is -0.939. The van der Waals surface area contributed by atoms with Crippen molar-refractivity contribution in [3.63, 3.8) is 0 Å². The van der Waals surface area contributed by atoms with Crippen LogP contribution in [0.3, 0.4) is 0 Å². The molecule has 0 unspecified atom stereocenters. The zero-order chi connectivity index (χ0) is 21.0. The van der Waals surface area contributed by atoms with Crippen LogP contribution in [-0.4, -0.2) is 20.2 Å². The van der Waals surface area contributed by atoms with Crippen LogP contribution >= 0.6 is 0 Å². The molecule has 0 aliphatic heterocycles. The summed E-state index contributed by atoms with van der Waals surface area (Å²) in [4.78, 5) is 11.5. The summed E-state index contributed by atoms with van der Waals surface area (Å²) in [5, 5.41) is 11.3. The number of carboxylic acid groups (broad SMARTS) is 1. The molecule has 1 aromatic carbocycles. The topological polar surface area (TPSA) is 47.2 Å². The molecule has 0 fully saturated rings. The predicted octanol–water partition coefficient (Wildman–Crippen LogP) is 6.20. The second-order valence-electron chi connectivity index (χ2n) is 6.61. The number of carboxylic acids is 1. The summed E-state index contributed by atoms with van der Waals surface area (Å²) in [6, 6.07) is 5.23. The van der Waals surface area contributed by atoms with Gasteiger partial charge in [0.15, 0.2) is 0 Å². The molecular weight excluding hydrogens is 360 g/mol. The molecular formula is C25H24N2O2. The molecule has 2 heterocycles. The molecule has 0 aliphatic carbocycles. The normalized spacial score (nSPS) is 12.7. The third-order valence-corrected chi connectivity index (χ3v) is 4.72. The summed E-state index contributed by atoms with van der Waals surface area (Å²) < 4.78 is 4.20. The molecule has 0 saturated carbocycles. The van der Waals surface area contributed by atoms with E-state index in [1.165, 1.54) is 0 Å². The third kappa shape index (κ3) is 3.78. The fraction of sp³-hybridized carbons (Fsp3) is 0.0800. The number of hydrogen-bond donors (Lipinski definition) is 1. The molecule has 3 rings (SSSR count). The van der Waals surface area contributed by atoms with E-state index < -0.39 is 5.97 Å². The number of nitrogens with zero attached hydrogens (tertiary/aromatic N) is 2. The molecule has 0 amide bonds. The van der Waals surface area contributed by atoms with Gasteiger partial charge in [-0.1, -0.05) is 50.1 Å². The number of allylic oxidation sites excluding steroid dienone is 9. The quantitative estimate of drug-likeness (QED) is 0.470. The zero-order valence-electron chi connectivity index (χ0n) is 16.5. The van der Waals surface area contributed by atoms with Crippen LogP contribution in [0.1, 0.15) is 17.3 Å². The van der Waals surface area contributed by atoms with Gasteiger partial charge in [0.05, 0.1) is 16.6 Å². The molecule has 0 atom stereocenters. The van der Waals surface area contributed by atoms with Gasteiger partial charge in [-0.2, -0.15) is 0 Å². The van der Waals surface area contributed by atoms with E-state index in [2.05, 4.69) is 35.1 Å². The van der Waals surface area contributed by atoms with Crippen LogP contribution in [0.5, 0.6) is 0 Å². The minimum absolute atomic E-state index is 0.267. The largest absolute Gasteiger partial charge is 0.478 e. The fourth-order valence-electron chi connectivity index (χ4n) is 3.50. The van der Waals surface area contributed by atoms with Crippen LogP contribution in [0.2, 0.25) is 0 Å². The average molecular weight is 384 g/mol. The first-order valence-electron chi connectivity index (χ1n) is 9.31. The monoisotopic (exact) mass is 384 g/mol. The van der Waals surface area contributed by atoms with Crippen molar-refractivity contribution in [3.8, 4) is 0 Å². The highest BCUT2D eigenvalue weighted by molar-refractivity contribution is 6.12. The Balaban J connectivity index is 2.33. The Hall–Kier alpha value is -3.79. The summed E-state index contributed by atoms with van der Waals surface area (Å²) >= 11 is 0. The second kappa shape index (κ2) is 8.48. The first-order valence-corrected chi connectivity index (χ1v) is 9.31. The molecule has 4 heteroatoms. The average Bonchev–Trinajstić information content (AvgIpc) is 3.23. The van der Waals surface area contributed by atoms with Crippen molar-refractivity contribution in [1.29, 1.82) is 0 Å². The second-order valence-corrected chi connectivity index (χ2v) is 6.61. The highest BCUT2D eigenvalue weighted by Gasteiger charge is 2.16. The van der Waals surface area contributed by atoms with Crippen LogP contribution in [0.15, 0.2) is 98.4 Å². The van der Waals surface area contributed by atoms with Crippen molar-refractivity contribution in [2.24, 2.45) is 0 Å². The fourth-order valence-corrected chi connectivity index (χ4v) is 3.50. The van der Waals surface area contributed by atoms with Gasteiger partial charge < -0.3 is 14.2 Å². The van der Waals surface area contributed by atoms with Crippen molar-refractivity contribution in [2.75, 3.05) is 0 Å². The number of carbonyl (C=O) groups is 1. The molecule has 146 valence electrons. The Bertz CT molecular complexity index is 1210. The van der Waals surface area contributed by atoms with Crippen LogP contribution in [0, 0.1) is 0 Å². The van der Waals surface area contributed by atoms with Gasteiger partial charge in [0.2, 0.25) is 0 Å². The molecule has 1 N–H and O–H groups in total. The highest BCUT2D eigenvalue weighted by atomic mass is 16.4. The van der Waals surface area contributed by atoms with E-state index in [1.54, 1.807) is 24.3 Å². The van der Waals surface area contributed by atoms with Gasteiger partial charge in [0, 0.05) is 35.4 Å². The van der Waals surface area contributed by atoms with E-state index >= 15 is 0 Å². The summed E-state index contributed by atoms with van der Waals surface area (Å²) in [6.45, 7) is 14.1. The SMILES string of the molecule is C=C/C=C(\C=C)Cn1cc2c3cc(C(=O)O)ccc3n(C(/C=C\C)=C/C=C)c2c1. The van der Waals surface area contributed by atoms with Gasteiger partial charge in [-0.25, -0.2) is 4.79 Å². The van der Waals surface area contributed by atoms with Gasteiger partial charge in [-0.15, -0.1) is 0 Å². The van der Waals surface area contributed by atoms with Gasteiger partial charge in [-0.05, 0) is 42.8 Å². The lowest BCUT2D eigenvalue weighted by molar-refractivity contribution is 0.0697. The van der Waals surface area contributed by atoms with Gasteiger partial charge >= 0.3 is 5.97 Å². The Morgan fingerprint density at radius 2 is 1.83 bits per heavy atom. The number of aromatic carboxylic acids is 1. The molecule has 4 nitrogen and oxygen atoms in total. The highest BCUT2D eigenvalue weighted by Crippen LogP contribution is 2.34. The summed E-state index contributed by atoms with van der Waals surface area (Å²) in [6.07, 6.45) is 17.3. The molecule has 2 aromatic heterocycles. The maximum absolute atomic E-state index is 11.5. The lowest BCUT2D eigenvalue weighted by Gasteiger charge is -2.09. The van der Waals surface area contributed by atoms with E-state index in [4.69, 9.17) is 0 Å². The van der Waals surface area contributed by atoms with Crippen molar-refractivity contribution < 1.29 is 9.90 Å². The van der Waals surface area contributed by atoms with E-state index in [0.29, 0.717) is 6.54 Å². The summed E-state index contributed by atoms with van der Waals surface area (Å²) in [7, 11) is 0. The van der Waals surface area contributed by atoms with Crippen LogP contribution < -0.4 is 0 Å². The van der Waals surface area contributed by atoms with E-state index in [0.717, 1.165) is 33.1 Å². The van der Waals surface area contributed by atoms with Gasteiger partial charge in [-0.3, -0.25) is 0 Å². The molecule has 3 aromatic rings. The molecule has 0 aliphatic rings. The molecule has 0 spiro atoms. The van der Waals surface area contributed by atoms with E-state index in [9.17, 15) is 9.90 Å². The Morgan fingerprint density at radius 1 is 1.07 bits per heavy atom. The smallest absolute Gasteiger partial charge is 0.335 e. The Labute approximate surface area is 170 Å². The lowest BCUT2D eigenvalue weighted by atomic mass is 10.1. The van der Waals surface area contributed by atoms with Crippen LogP contribution in [-0.2, 0) is 6.54 Å². The summed E-state index contributed by atoms with van der Waals surface area (Å²) in [5.74, 6) is -0.939. The number of fused-ring (bicyclic) bond motifs is 3. The van der Waals surface area contributed by atoms with Crippen molar-refractivity contribution >= 4 is 33.5 Å². The third-order valence-electron chi connectivity index (χ3n) is 4.72. The maximum atomic E-state index is 11.5.